The van der Waals surface area contributed by atoms with Crippen molar-refractivity contribution in [2.75, 3.05) is 6.61 Å². The van der Waals surface area contributed by atoms with E-state index < -0.39 is 0 Å². The van der Waals surface area contributed by atoms with Gasteiger partial charge in [-0.15, -0.1) is 0 Å². The molecule has 0 saturated carbocycles. The minimum atomic E-state index is 0.357. The lowest BCUT2D eigenvalue weighted by Gasteiger charge is -2.27. The lowest BCUT2D eigenvalue weighted by molar-refractivity contribution is 0.252. The van der Waals surface area contributed by atoms with E-state index in [-0.39, 0.29) is 0 Å². The number of fused-ring (bicyclic) bond motifs is 1. The quantitative estimate of drug-likeness (QED) is 0.897. The summed E-state index contributed by atoms with van der Waals surface area (Å²) in [6.45, 7) is 3.80. The number of hydrogen-bond acceptors (Lipinski definition) is 2. The van der Waals surface area contributed by atoms with Crippen molar-refractivity contribution in [3.8, 4) is 5.75 Å². The molecular formula is C18H20ClNO. The maximum Gasteiger partial charge on any atom is 0.124 e. The van der Waals surface area contributed by atoms with Crippen LogP contribution < -0.4 is 10.1 Å². The van der Waals surface area contributed by atoms with Crippen LogP contribution in [0.15, 0.2) is 42.5 Å². The molecule has 2 nitrogen and oxygen atoms in total. The largest absolute Gasteiger partial charge is 0.493 e. The van der Waals surface area contributed by atoms with Crippen LogP contribution in [-0.2, 0) is 13.0 Å². The Morgan fingerprint density at radius 2 is 1.90 bits per heavy atom. The fraction of sp³-hybridized carbons (Fsp3) is 0.333. The van der Waals surface area contributed by atoms with Crippen LogP contribution in [0.1, 0.15) is 36.1 Å². The van der Waals surface area contributed by atoms with Crippen LogP contribution in [0.25, 0.3) is 0 Å². The zero-order chi connectivity index (χ0) is 14.7. The van der Waals surface area contributed by atoms with E-state index in [0.29, 0.717) is 6.04 Å². The van der Waals surface area contributed by atoms with Crippen molar-refractivity contribution in [3.63, 3.8) is 0 Å². The van der Waals surface area contributed by atoms with E-state index in [2.05, 4.69) is 42.6 Å². The Bertz CT molecular complexity index is 609. The molecule has 21 heavy (non-hydrogen) atoms. The van der Waals surface area contributed by atoms with E-state index >= 15 is 0 Å². The van der Waals surface area contributed by atoms with E-state index in [1.54, 1.807) is 0 Å². The van der Waals surface area contributed by atoms with E-state index in [1.807, 2.05) is 12.1 Å². The van der Waals surface area contributed by atoms with Gasteiger partial charge in [-0.1, -0.05) is 42.8 Å². The van der Waals surface area contributed by atoms with Crippen molar-refractivity contribution < 1.29 is 4.74 Å². The molecule has 1 aliphatic heterocycles. The second kappa shape index (κ2) is 6.50. The second-order valence-corrected chi connectivity index (χ2v) is 5.86. The predicted octanol–water partition coefficient (Wildman–Crippen LogP) is 4.52. The van der Waals surface area contributed by atoms with Crippen LogP contribution in [0, 0.1) is 0 Å². The summed E-state index contributed by atoms with van der Waals surface area (Å²) < 4.78 is 5.76. The molecule has 1 aliphatic rings. The van der Waals surface area contributed by atoms with Crippen LogP contribution in [0.3, 0.4) is 0 Å². The van der Waals surface area contributed by atoms with Gasteiger partial charge in [0.15, 0.2) is 0 Å². The molecule has 0 aromatic heterocycles. The van der Waals surface area contributed by atoms with E-state index in [0.717, 1.165) is 36.8 Å². The summed E-state index contributed by atoms with van der Waals surface area (Å²) in [7, 11) is 0. The summed E-state index contributed by atoms with van der Waals surface area (Å²) >= 11 is 5.92. The lowest BCUT2D eigenvalue weighted by Crippen LogP contribution is -2.26. The summed E-state index contributed by atoms with van der Waals surface area (Å²) in [6.07, 6.45) is 2.06. The SMILES string of the molecule is CCc1ccc2c(c1)C(NCc1ccc(Cl)cc1)CCO2. The first-order valence-electron chi connectivity index (χ1n) is 7.49. The molecule has 2 aromatic rings. The molecule has 1 atom stereocenters. The number of rotatable bonds is 4. The molecule has 1 unspecified atom stereocenters. The van der Waals surface area contributed by atoms with Crippen molar-refractivity contribution >= 4 is 11.6 Å². The van der Waals surface area contributed by atoms with Crippen LogP contribution >= 0.6 is 11.6 Å². The summed E-state index contributed by atoms with van der Waals surface area (Å²) in [4.78, 5) is 0. The Kier molecular flexibility index (Phi) is 4.47. The number of nitrogens with one attached hydrogen (secondary N) is 1. The number of aryl methyl sites for hydroxylation is 1. The normalized spacial score (nSPS) is 17.1. The van der Waals surface area contributed by atoms with Gasteiger partial charge in [0.25, 0.3) is 0 Å². The molecule has 0 fully saturated rings. The minimum absolute atomic E-state index is 0.357. The molecular weight excluding hydrogens is 282 g/mol. The molecule has 0 radical (unpaired) electrons. The predicted molar refractivity (Wildman–Crippen MR) is 87.0 cm³/mol. The van der Waals surface area contributed by atoms with Crippen LogP contribution in [0.4, 0.5) is 0 Å². The van der Waals surface area contributed by atoms with Gasteiger partial charge < -0.3 is 10.1 Å². The number of benzene rings is 2. The maximum atomic E-state index is 5.92. The summed E-state index contributed by atoms with van der Waals surface area (Å²) in [5.74, 6) is 1.02. The average Bonchev–Trinajstić information content (AvgIpc) is 2.54. The second-order valence-electron chi connectivity index (χ2n) is 5.42. The maximum absolute atomic E-state index is 5.92. The average molecular weight is 302 g/mol. The molecule has 110 valence electrons. The highest BCUT2D eigenvalue weighted by molar-refractivity contribution is 6.30. The van der Waals surface area contributed by atoms with Gasteiger partial charge >= 0.3 is 0 Å². The molecule has 0 spiro atoms. The van der Waals surface area contributed by atoms with Crippen LogP contribution in [-0.4, -0.2) is 6.61 Å². The van der Waals surface area contributed by atoms with Gasteiger partial charge in [0.1, 0.15) is 5.75 Å². The van der Waals surface area contributed by atoms with Crippen molar-refractivity contribution in [2.45, 2.75) is 32.4 Å². The topological polar surface area (TPSA) is 21.3 Å². The van der Waals surface area contributed by atoms with E-state index in [4.69, 9.17) is 16.3 Å². The summed E-state index contributed by atoms with van der Waals surface area (Å²) in [5, 5.41) is 4.42. The molecule has 1 heterocycles. The van der Waals surface area contributed by atoms with Crippen LogP contribution in [0.2, 0.25) is 5.02 Å². The van der Waals surface area contributed by atoms with Crippen molar-refractivity contribution in [1.29, 1.82) is 0 Å². The standard InChI is InChI=1S/C18H20ClNO/c1-2-13-5-8-18-16(11-13)17(9-10-21-18)20-12-14-3-6-15(19)7-4-14/h3-8,11,17,20H,2,9-10,12H2,1H3. The van der Waals surface area contributed by atoms with Crippen molar-refractivity contribution in [2.24, 2.45) is 0 Å². The van der Waals surface area contributed by atoms with Crippen molar-refractivity contribution in [3.05, 3.63) is 64.2 Å². The smallest absolute Gasteiger partial charge is 0.124 e. The molecule has 0 bridgehead atoms. The van der Waals surface area contributed by atoms with E-state index in [9.17, 15) is 0 Å². The fourth-order valence-electron chi connectivity index (χ4n) is 2.72. The molecule has 3 heteroatoms. The Balaban J connectivity index is 1.73. The highest BCUT2D eigenvalue weighted by Gasteiger charge is 2.21. The highest BCUT2D eigenvalue weighted by Crippen LogP contribution is 2.33. The van der Waals surface area contributed by atoms with Gasteiger partial charge in [0.05, 0.1) is 6.61 Å². The Morgan fingerprint density at radius 3 is 2.67 bits per heavy atom. The Hall–Kier alpha value is -1.51. The third-order valence-corrected chi connectivity index (χ3v) is 4.24. The van der Waals surface area contributed by atoms with Crippen molar-refractivity contribution in [1.82, 2.24) is 5.32 Å². The molecule has 2 aromatic carbocycles. The first-order chi connectivity index (χ1) is 10.3. The van der Waals surface area contributed by atoms with Crippen LogP contribution in [0.5, 0.6) is 5.75 Å². The Labute approximate surface area is 131 Å². The van der Waals surface area contributed by atoms with Gasteiger partial charge in [-0.2, -0.15) is 0 Å². The first-order valence-corrected chi connectivity index (χ1v) is 7.87. The lowest BCUT2D eigenvalue weighted by atomic mass is 9.97. The fourth-order valence-corrected chi connectivity index (χ4v) is 2.85. The molecule has 0 saturated heterocycles. The third-order valence-electron chi connectivity index (χ3n) is 3.99. The highest BCUT2D eigenvalue weighted by atomic mass is 35.5. The number of halogens is 1. The zero-order valence-corrected chi connectivity index (χ0v) is 13.0. The first kappa shape index (κ1) is 14.4. The number of ether oxygens (including phenoxy) is 1. The summed E-state index contributed by atoms with van der Waals surface area (Å²) in [5.41, 5.74) is 3.89. The van der Waals surface area contributed by atoms with Gasteiger partial charge in [-0.05, 0) is 35.7 Å². The monoisotopic (exact) mass is 301 g/mol. The number of hydrogen-bond donors (Lipinski definition) is 1. The summed E-state index contributed by atoms with van der Waals surface area (Å²) in [6, 6.07) is 14.9. The minimum Gasteiger partial charge on any atom is -0.493 e. The molecule has 0 amide bonds. The van der Waals surface area contributed by atoms with Gasteiger partial charge in [-0.3, -0.25) is 0 Å². The van der Waals surface area contributed by atoms with Gasteiger partial charge in [-0.25, -0.2) is 0 Å². The third kappa shape index (κ3) is 3.39. The van der Waals surface area contributed by atoms with E-state index in [1.165, 1.54) is 16.7 Å². The van der Waals surface area contributed by atoms with Gasteiger partial charge in [0, 0.05) is 29.6 Å². The van der Waals surface area contributed by atoms with Gasteiger partial charge in [0.2, 0.25) is 0 Å². The molecule has 0 aliphatic carbocycles. The molecule has 3 rings (SSSR count). The zero-order valence-electron chi connectivity index (χ0n) is 12.2. The Morgan fingerprint density at radius 1 is 1.14 bits per heavy atom. The molecule has 1 N–H and O–H groups in total.